The number of hydrogen-bond acceptors (Lipinski definition) is 6. The average Bonchev–Trinajstić information content (AvgIpc) is 2.45. The predicted octanol–water partition coefficient (Wildman–Crippen LogP) is -1.34. The Bertz CT molecular complexity index is 432. The molecule has 2 rings (SSSR count). The highest BCUT2D eigenvalue weighted by molar-refractivity contribution is 5.99. The molecule has 124 valence electrons. The second-order valence-corrected chi connectivity index (χ2v) is 5.24. The van der Waals surface area contributed by atoms with Crippen LogP contribution in [0.3, 0.4) is 0 Å². The van der Waals surface area contributed by atoms with Crippen LogP contribution in [0.1, 0.15) is 20.8 Å². The summed E-state index contributed by atoms with van der Waals surface area (Å²) in [6, 6.07) is -0.0889. The van der Waals surface area contributed by atoms with E-state index in [-0.39, 0.29) is 55.8 Å². The summed E-state index contributed by atoms with van der Waals surface area (Å²) in [4.78, 5) is 50.5. The summed E-state index contributed by atoms with van der Waals surface area (Å²) in [5.41, 5.74) is 0. The van der Waals surface area contributed by atoms with Crippen LogP contribution in [0.25, 0.3) is 0 Å². The number of hydrogen-bond donors (Lipinski definition) is 1. The Hall–Kier alpha value is -1.80. The van der Waals surface area contributed by atoms with Crippen molar-refractivity contribution < 1.29 is 19.2 Å². The molecule has 0 bridgehead atoms. The van der Waals surface area contributed by atoms with Crippen molar-refractivity contribution in [1.82, 2.24) is 20.0 Å². The van der Waals surface area contributed by atoms with Gasteiger partial charge >= 0.3 is 0 Å². The summed E-state index contributed by atoms with van der Waals surface area (Å²) in [7, 11) is 1.47. The Morgan fingerprint density at radius 3 is 1.86 bits per heavy atom. The lowest BCUT2D eigenvalue weighted by molar-refractivity contribution is -0.150. The van der Waals surface area contributed by atoms with Crippen molar-refractivity contribution in [2.45, 2.75) is 26.8 Å². The standard InChI is InChI=1S/C12H18N4O4.C2H6/c1-8(16-4-9(17)13-10(18)5-16)3-15-6-11(19)14(2)12(20)7-15;1-2/h8H,3-7H2,1-2H3,(H,13,17,18);1-2H3. The van der Waals surface area contributed by atoms with Gasteiger partial charge in [0.25, 0.3) is 0 Å². The van der Waals surface area contributed by atoms with Crippen molar-refractivity contribution in [3.05, 3.63) is 0 Å². The number of piperazine rings is 2. The van der Waals surface area contributed by atoms with Gasteiger partial charge in [0.05, 0.1) is 26.2 Å². The minimum absolute atomic E-state index is 0.0889. The van der Waals surface area contributed by atoms with Gasteiger partial charge in [-0.15, -0.1) is 0 Å². The molecule has 8 heteroatoms. The van der Waals surface area contributed by atoms with Crippen molar-refractivity contribution in [3.63, 3.8) is 0 Å². The second-order valence-electron chi connectivity index (χ2n) is 5.24. The molecule has 0 aromatic heterocycles. The molecule has 0 aromatic carbocycles. The quantitative estimate of drug-likeness (QED) is 0.649. The van der Waals surface area contributed by atoms with E-state index >= 15 is 0 Å². The van der Waals surface area contributed by atoms with Crippen LogP contribution >= 0.6 is 0 Å². The van der Waals surface area contributed by atoms with Gasteiger partial charge in [0.1, 0.15) is 0 Å². The first-order chi connectivity index (χ1) is 10.4. The maximum Gasteiger partial charge on any atom is 0.243 e. The smallest absolute Gasteiger partial charge is 0.243 e. The van der Waals surface area contributed by atoms with Crippen molar-refractivity contribution >= 4 is 23.6 Å². The number of imide groups is 2. The lowest BCUT2D eigenvalue weighted by Crippen LogP contribution is -2.58. The van der Waals surface area contributed by atoms with Crippen LogP contribution in [0.4, 0.5) is 0 Å². The molecule has 0 aliphatic carbocycles. The number of carbonyl (C=O) groups is 4. The molecule has 1 N–H and O–H groups in total. The van der Waals surface area contributed by atoms with Gasteiger partial charge < -0.3 is 0 Å². The number of carbonyl (C=O) groups excluding carboxylic acids is 4. The Kier molecular flexibility index (Phi) is 6.63. The van der Waals surface area contributed by atoms with E-state index in [1.807, 2.05) is 20.8 Å². The first-order valence-electron chi connectivity index (χ1n) is 7.45. The predicted molar refractivity (Wildman–Crippen MR) is 79.7 cm³/mol. The third-order valence-electron chi connectivity index (χ3n) is 3.58. The molecule has 2 heterocycles. The van der Waals surface area contributed by atoms with Gasteiger partial charge in [-0.2, -0.15) is 0 Å². The Morgan fingerprint density at radius 1 is 0.955 bits per heavy atom. The number of nitrogens with zero attached hydrogens (tertiary/aromatic N) is 3. The van der Waals surface area contributed by atoms with Crippen LogP contribution in [0.5, 0.6) is 0 Å². The van der Waals surface area contributed by atoms with Crippen LogP contribution in [0.15, 0.2) is 0 Å². The van der Waals surface area contributed by atoms with Crippen LogP contribution in [-0.2, 0) is 19.2 Å². The summed E-state index contributed by atoms with van der Waals surface area (Å²) in [6.45, 7) is 7.01. The zero-order chi connectivity index (χ0) is 16.9. The molecule has 22 heavy (non-hydrogen) atoms. The third-order valence-corrected chi connectivity index (χ3v) is 3.58. The molecule has 0 spiro atoms. The summed E-state index contributed by atoms with van der Waals surface area (Å²) < 4.78 is 0. The van der Waals surface area contributed by atoms with E-state index < -0.39 is 0 Å². The zero-order valence-electron chi connectivity index (χ0n) is 13.6. The lowest BCUT2D eigenvalue weighted by Gasteiger charge is -2.36. The molecule has 2 fully saturated rings. The van der Waals surface area contributed by atoms with Crippen LogP contribution in [0.2, 0.25) is 0 Å². The molecule has 0 aromatic rings. The summed E-state index contributed by atoms with van der Waals surface area (Å²) in [5, 5.41) is 2.24. The number of nitrogens with one attached hydrogen (secondary N) is 1. The molecule has 0 radical (unpaired) electrons. The molecule has 1 unspecified atom stereocenters. The van der Waals surface area contributed by atoms with E-state index in [0.717, 1.165) is 4.90 Å². The maximum atomic E-state index is 11.6. The normalized spacial score (nSPS) is 22.1. The van der Waals surface area contributed by atoms with E-state index in [0.29, 0.717) is 6.54 Å². The van der Waals surface area contributed by atoms with Gasteiger partial charge in [-0.25, -0.2) is 0 Å². The highest BCUT2D eigenvalue weighted by Gasteiger charge is 2.31. The summed E-state index contributed by atoms with van der Waals surface area (Å²) in [6.07, 6.45) is 0. The molecule has 1 atom stereocenters. The Morgan fingerprint density at radius 2 is 1.41 bits per heavy atom. The van der Waals surface area contributed by atoms with Crippen molar-refractivity contribution in [2.24, 2.45) is 0 Å². The van der Waals surface area contributed by atoms with E-state index in [4.69, 9.17) is 0 Å². The summed E-state index contributed by atoms with van der Waals surface area (Å²) >= 11 is 0. The monoisotopic (exact) mass is 312 g/mol. The SMILES string of the molecule is CC.CC(CN1CC(=O)N(C)C(=O)C1)N1CC(=O)NC(=O)C1. The molecule has 0 saturated carbocycles. The Labute approximate surface area is 130 Å². The minimum Gasteiger partial charge on any atom is -0.294 e. The van der Waals surface area contributed by atoms with Crippen LogP contribution in [0, 0.1) is 0 Å². The fourth-order valence-corrected chi connectivity index (χ4v) is 2.38. The molecule has 8 nitrogen and oxygen atoms in total. The van der Waals surface area contributed by atoms with Gasteiger partial charge in [-0.05, 0) is 6.92 Å². The van der Waals surface area contributed by atoms with Crippen LogP contribution < -0.4 is 5.32 Å². The average molecular weight is 312 g/mol. The first kappa shape index (κ1) is 18.2. The summed E-state index contributed by atoms with van der Waals surface area (Å²) in [5.74, 6) is -1.11. The third kappa shape index (κ3) is 4.60. The highest BCUT2D eigenvalue weighted by atomic mass is 16.2. The first-order valence-corrected chi connectivity index (χ1v) is 7.45. The molecule has 2 aliphatic heterocycles. The number of rotatable bonds is 3. The van der Waals surface area contributed by atoms with E-state index in [1.165, 1.54) is 7.05 Å². The maximum absolute atomic E-state index is 11.6. The largest absolute Gasteiger partial charge is 0.294 e. The molecule has 4 amide bonds. The van der Waals surface area contributed by atoms with Crippen molar-refractivity contribution in [2.75, 3.05) is 39.8 Å². The fourth-order valence-electron chi connectivity index (χ4n) is 2.38. The highest BCUT2D eigenvalue weighted by Crippen LogP contribution is 2.08. The molecular weight excluding hydrogens is 288 g/mol. The van der Waals surface area contributed by atoms with E-state index in [9.17, 15) is 19.2 Å². The van der Waals surface area contributed by atoms with Gasteiger partial charge in [0.15, 0.2) is 0 Å². The second kappa shape index (κ2) is 8.00. The Balaban J connectivity index is 0.00000116. The topological polar surface area (TPSA) is 90.0 Å². The molecular formula is C14H24N4O4. The van der Waals surface area contributed by atoms with Crippen molar-refractivity contribution in [1.29, 1.82) is 0 Å². The van der Waals surface area contributed by atoms with E-state index in [2.05, 4.69) is 5.32 Å². The molecule has 2 aliphatic rings. The number of amides is 4. The zero-order valence-corrected chi connectivity index (χ0v) is 13.6. The minimum atomic E-state index is -0.321. The fraction of sp³-hybridized carbons (Fsp3) is 0.714. The molecule has 2 saturated heterocycles. The van der Waals surface area contributed by atoms with Crippen LogP contribution in [-0.4, -0.2) is 84.1 Å². The lowest BCUT2D eigenvalue weighted by atomic mass is 10.2. The van der Waals surface area contributed by atoms with Gasteiger partial charge in [-0.1, -0.05) is 13.8 Å². The van der Waals surface area contributed by atoms with Gasteiger partial charge in [0, 0.05) is 19.6 Å². The van der Waals surface area contributed by atoms with Gasteiger partial charge in [0.2, 0.25) is 23.6 Å². The number of likely N-dealkylation sites (N-methyl/N-ethyl adjacent to an activating group) is 1. The van der Waals surface area contributed by atoms with E-state index in [1.54, 1.807) is 9.80 Å². The van der Waals surface area contributed by atoms with Crippen molar-refractivity contribution in [3.8, 4) is 0 Å². The van der Waals surface area contributed by atoms with Gasteiger partial charge in [-0.3, -0.25) is 39.2 Å².